The lowest BCUT2D eigenvalue weighted by molar-refractivity contribution is 0.934. The summed E-state index contributed by atoms with van der Waals surface area (Å²) in [6, 6.07) is 12.9. The second-order valence-corrected chi connectivity index (χ2v) is 3.92. The molecule has 78 valence electrons. The van der Waals surface area contributed by atoms with Crippen LogP contribution in [0.5, 0.6) is 0 Å². The maximum absolute atomic E-state index is 5.60. The lowest BCUT2D eigenvalue weighted by Crippen LogP contribution is -2.24. The second-order valence-electron chi connectivity index (χ2n) is 3.92. The molecule has 0 aliphatic heterocycles. The molecule has 2 nitrogen and oxygen atoms in total. The van der Waals surface area contributed by atoms with Crippen molar-refractivity contribution in [3.8, 4) is 0 Å². The van der Waals surface area contributed by atoms with Crippen molar-refractivity contribution in [1.82, 2.24) is 0 Å². The van der Waals surface area contributed by atoms with Gasteiger partial charge in [0, 0.05) is 12.7 Å². The lowest BCUT2D eigenvalue weighted by Gasteiger charge is -2.16. The van der Waals surface area contributed by atoms with Crippen molar-refractivity contribution in [2.24, 2.45) is 5.73 Å². The van der Waals surface area contributed by atoms with Crippen molar-refractivity contribution < 1.29 is 0 Å². The Labute approximate surface area is 90.3 Å². The van der Waals surface area contributed by atoms with E-state index in [0.29, 0.717) is 6.67 Å². The minimum atomic E-state index is 0.539. The summed E-state index contributed by atoms with van der Waals surface area (Å²) in [5, 5.41) is 2.54. The van der Waals surface area contributed by atoms with Crippen molar-refractivity contribution in [3.05, 3.63) is 42.0 Å². The molecule has 0 fully saturated rings. The molecule has 2 N–H and O–H groups in total. The van der Waals surface area contributed by atoms with Crippen LogP contribution in [0.4, 0.5) is 5.69 Å². The maximum atomic E-state index is 5.60. The van der Waals surface area contributed by atoms with Crippen LogP contribution in [-0.4, -0.2) is 13.7 Å². The Morgan fingerprint density at radius 1 is 1.07 bits per heavy atom. The number of nitrogens with two attached hydrogens (primary N) is 1. The quantitative estimate of drug-likeness (QED) is 0.755. The van der Waals surface area contributed by atoms with Gasteiger partial charge >= 0.3 is 0 Å². The Bertz CT molecular complexity index is 477. The molecule has 2 aromatic carbocycles. The molecule has 0 radical (unpaired) electrons. The Hall–Kier alpha value is -1.54. The van der Waals surface area contributed by atoms with Gasteiger partial charge in [0.15, 0.2) is 0 Å². The topological polar surface area (TPSA) is 29.3 Å². The van der Waals surface area contributed by atoms with Gasteiger partial charge in [-0.05, 0) is 29.8 Å². The number of anilines is 1. The predicted molar refractivity (Wildman–Crippen MR) is 66.1 cm³/mol. The first-order valence-corrected chi connectivity index (χ1v) is 5.12. The third kappa shape index (κ3) is 1.95. The third-order valence-electron chi connectivity index (χ3n) is 2.69. The number of benzene rings is 2. The molecule has 0 aliphatic rings. The fourth-order valence-corrected chi connectivity index (χ4v) is 1.70. The van der Waals surface area contributed by atoms with E-state index in [-0.39, 0.29) is 0 Å². The van der Waals surface area contributed by atoms with Gasteiger partial charge in [-0.25, -0.2) is 0 Å². The van der Waals surface area contributed by atoms with Gasteiger partial charge in [-0.3, -0.25) is 0 Å². The average Bonchev–Trinajstić information content (AvgIpc) is 2.27. The molecule has 15 heavy (non-hydrogen) atoms. The summed E-state index contributed by atoms with van der Waals surface area (Å²) >= 11 is 0. The fraction of sp³-hybridized carbons (Fsp3) is 0.231. The van der Waals surface area contributed by atoms with Crippen LogP contribution in [0.3, 0.4) is 0 Å². The van der Waals surface area contributed by atoms with Gasteiger partial charge in [0.25, 0.3) is 0 Å². The monoisotopic (exact) mass is 200 g/mol. The van der Waals surface area contributed by atoms with Crippen LogP contribution in [0.15, 0.2) is 36.4 Å². The zero-order valence-corrected chi connectivity index (χ0v) is 9.20. The zero-order valence-electron chi connectivity index (χ0n) is 9.20. The summed E-state index contributed by atoms with van der Waals surface area (Å²) in [6.45, 7) is 2.65. The lowest BCUT2D eigenvalue weighted by atomic mass is 10.1. The average molecular weight is 200 g/mol. The number of rotatable bonds is 2. The van der Waals surface area contributed by atoms with Crippen molar-refractivity contribution in [2.45, 2.75) is 6.92 Å². The van der Waals surface area contributed by atoms with Crippen molar-refractivity contribution >= 4 is 16.5 Å². The summed E-state index contributed by atoms with van der Waals surface area (Å²) in [4.78, 5) is 2.03. The normalized spacial score (nSPS) is 10.6. The van der Waals surface area contributed by atoms with E-state index in [0.717, 1.165) is 5.69 Å². The molecule has 0 aromatic heterocycles. The molecule has 0 atom stereocenters. The standard InChI is InChI=1S/C13H16N2/c1-10-3-4-12-8-13(15(2)9-14)6-5-11(12)7-10/h3-8H,9,14H2,1-2H3. The molecule has 0 unspecified atom stereocenters. The van der Waals surface area contributed by atoms with Crippen LogP contribution in [0.25, 0.3) is 10.8 Å². The summed E-state index contributed by atoms with van der Waals surface area (Å²) in [5.41, 5.74) is 8.05. The van der Waals surface area contributed by atoms with Gasteiger partial charge in [-0.2, -0.15) is 0 Å². The summed E-state index contributed by atoms with van der Waals surface area (Å²) < 4.78 is 0. The number of fused-ring (bicyclic) bond motifs is 1. The highest BCUT2D eigenvalue weighted by molar-refractivity contribution is 5.86. The van der Waals surface area contributed by atoms with E-state index < -0.39 is 0 Å². The van der Waals surface area contributed by atoms with Gasteiger partial charge in [0.05, 0.1) is 6.67 Å². The Balaban J connectivity index is 2.52. The van der Waals surface area contributed by atoms with Crippen LogP contribution in [0, 0.1) is 6.92 Å². The van der Waals surface area contributed by atoms with Crippen LogP contribution in [-0.2, 0) is 0 Å². The molecular weight excluding hydrogens is 184 g/mol. The molecule has 0 amide bonds. The minimum Gasteiger partial charge on any atom is -0.362 e. The smallest absolute Gasteiger partial charge is 0.0653 e. The predicted octanol–water partition coefficient (Wildman–Crippen LogP) is 2.50. The van der Waals surface area contributed by atoms with Gasteiger partial charge < -0.3 is 10.6 Å². The van der Waals surface area contributed by atoms with Crippen molar-refractivity contribution in [3.63, 3.8) is 0 Å². The molecule has 2 aromatic rings. The largest absolute Gasteiger partial charge is 0.362 e. The number of hydrogen-bond acceptors (Lipinski definition) is 2. The van der Waals surface area contributed by atoms with Gasteiger partial charge in [0.2, 0.25) is 0 Å². The summed E-state index contributed by atoms with van der Waals surface area (Å²) in [7, 11) is 2.00. The van der Waals surface area contributed by atoms with Crippen LogP contribution >= 0.6 is 0 Å². The van der Waals surface area contributed by atoms with E-state index >= 15 is 0 Å². The molecule has 0 saturated heterocycles. The van der Waals surface area contributed by atoms with Crippen molar-refractivity contribution in [2.75, 3.05) is 18.6 Å². The number of hydrogen-bond donors (Lipinski definition) is 1. The molecule has 2 rings (SSSR count). The van der Waals surface area contributed by atoms with Crippen LogP contribution in [0.2, 0.25) is 0 Å². The Kier molecular flexibility index (Phi) is 2.60. The first kappa shape index (κ1) is 9.99. The van der Waals surface area contributed by atoms with E-state index in [1.165, 1.54) is 16.3 Å². The minimum absolute atomic E-state index is 0.539. The molecule has 0 bridgehead atoms. The van der Waals surface area contributed by atoms with E-state index in [2.05, 4.69) is 43.3 Å². The van der Waals surface area contributed by atoms with Gasteiger partial charge in [-0.1, -0.05) is 29.8 Å². The van der Waals surface area contributed by atoms with Crippen LogP contribution < -0.4 is 10.6 Å². The molecule has 0 spiro atoms. The first-order chi connectivity index (χ1) is 7.20. The van der Waals surface area contributed by atoms with E-state index in [1.807, 2.05) is 11.9 Å². The molecule has 0 saturated carbocycles. The summed E-state index contributed by atoms with van der Waals surface area (Å²) in [5.74, 6) is 0. The molecule has 0 heterocycles. The fourth-order valence-electron chi connectivity index (χ4n) is 1.70. The van der Waals surface area contributed by atoms with Gasteiger partial charge in [0.1, 0.15) is 0 Å². The van der Waals surface area contributed by atoms with E-state index in [9.17, 15) is 0 Å². The second kappa shape index (κ2) is 3.91. The highest BCUT2D eigenvalue weighted by atomic mass is 15.1. The van der Waals surface area contributed by atoms with Gasteiger partial charge in [-0.15, -0.1) is 0 Å². The summed E-state index contributed by atoms with van der Waals surface area (Å²) in [6.07, 6.45) is 0. The Morgan fingerprint density at radius 2 is 1.73 bits per heavy atom. The van der Waals surface area contributed by atoms with E-state index in [4.69, 9.17) is 5.73 Å². The molecule has 2 heteroatoms. The molecule has 0 aliphatic carbocycles. The highest BCUT2D eigenvalue weighted by Gasteiger charge is 2.00. The Morgan fingerprint density at radius 3 is 2.47 bits per heavy atom. The maximum Gasteiger partial charge on any atom is 0.0653 e. The van der Waals surface area contributed by atoms with E-state index in [1.54, 1.807) is 0 Å². The zero-order chi connectivity index (χ0) is 10.8. The number of nitrogens with zero attached hydrogens (tertiary/aromatic N) is 1. The first-order valence-electron chi connectivity index (χ1n) is 5.12. The third-order valence-corrected chi connectivity index (χ3v) is 2.69. The number of aryl methyl sites for hydroxylation is 1. The molecular formula is C13H16N2. The highest BCUT2D eigenvalue weighted by Crippen LogP contribution is 2.21. The SMILES string of the molecule is Cc1ccc2cc(N(C)CN)ccc2c1. The van der Waals surface area contributed by atoms with Crippen molar-refractivity contribution in [1.29, 1.82) is 0 Å². The van der Waals surface area contributed by atoms with Crippen LogP contribution in [0.1, 0.15) is 5.56 Å².